The molecule has 2 nitrogen and oxygen atoms in total. The number of ether oxygens (including phenoxy) is 1. The van der Waals surface area contributed by atoms with E-state index in [1.807, 2.05) is 0 Å². The maximum Gasteiger partial charge on any atom is 0.122 e. The summed E-state index contributed by atoms with van der Waals surface area (Å²) in [5.41, 5.74) is 1.36. The van der Waals surface area contributed by atoms with Crippen molar-refractivity contribution in [3.8, 4) is 5.75 Å². The molecule has 0 aliphatic carbocycles. The van der Waals surface area contributed by atoms with Gasteiger partial charge in [0.2, 0.25) is 0 Å². The first-order valence-corrected chi connectivity index (χ1v) is 7.73. The molecule has 1 aromatic carbocycles. The summed E-state index contributed by atoms with van der Waals surface area (Å²) in [6.07, 6.45) is 4.96. The molecule has 0 bridgehead atoms. The van der Waals surface area contributed by atoms with Gasteiger partial charge in [0, 0.05) is 0 Å². The van der Waals surface area contributed by atoms with Crippen LogP contribution < -0.4 is 10.1 Å². The molecule has 106 valence electrons. The molecular formula is C17H27NO. The van der Waals surface area contributed by atoms with Crippen LogP contribution in [0, 0.1) is 5.92 Å². The molecule has 2 heteroatoms. The maximum absolute atomic E-state index is 6.04. The van der Waals surface area contributed by atoms with Crippen LogP contribution in [-0.2, 0) is 0 Å². The Balaban J connectivity index is 1.84. The summed E-state index contributed by atoms with van der Waals surface area (Å²) in [5, 5.41) is 3.41. The molecule has 0 unspecified atom stereocenters. The highest BCUT2D eigenvalue weighted by atomic mass is 16.5. The Morgan fingerprint density at radius 2 is 2.00 bits per heavy atom. The molecule has 1 N–H and O–H groups in total. The van der Waals surface area contributed by atoms with E-state index < -0.39 is 0 Å². The molecule has 1 fully saturated rings. The molecule has 1 aliphatic rings. The van der Waals surface area contributed by atoms with Crippen LogP contribution in [0.3, 0.4) is 0 Å². The SMILES string of the molecule is CC[C@H](C)c1ccccc1OCCC1CCNCC1. The van der Waals surface area contributed by atoms with Gasteiger partial charge in [-0.2, -0.15) is 0 Å². The minimum Gasteiger partial charge on any atom is -0.493 e. The third-order valence-corrected chi connectivity index (χ3v) is 4.30. The lowest BCUT2D eigenvalue weighted by atomic mass is 9.95. The second-order valence-corrected chi connectivity index (χ2v) is 5.68. The van der Waals surface area contributed by atoms with Crippen LogP contribution in [0.5, 0.6) is 5.75 Å². The van der Waals surface area contributed by atoms with Gasteiger partial charge in [-0.3, -0.25) is 0 Å². The largest absolute Gasteiger partial charge is 0.493 e. The van der Waals surface area contributed by atoms with E-state index in [9.17, 15) is 0 Å². The molecule has 0 aromatic heterocycles. The van der Waals surface area contributed by atoms with Gasteiger partial charge < -0.3 is 10.1 Å². The minimum atomic E-state index is 0.579. The van der Waals surface area contributed by atoms with E-state index in [2.05, 4.69) is 43.4 Å². The summed E-state index contributed by atoms with van der Waals surface area (Å²) in [6, 6.07) is 8.50. The Bertz CT molecular complexity index is 371. The lowest BCUT2D eigenvalue weighted by molar-refractivity contribution is 0.249. The average molecular weight is 261 g/mol. The molecule has 1 aromatic rings. The Morgan fingerprint density at radius 1 is 1.26 bits per heavy atom. The van der Waals surface area contributed by atoms with Crippen molar-refractivity contribution in [1.29, 1.82) is 0 Å². The van der Waals surface area contributed by atoms with E-state index >= 15 is 0 Å². The first-order valence-electron chi connectivity index (χ1n) is 7.73. The Kier molecular flexibility index (Phi) is 5.71. The van der Waals surface area contributed by atoms with Crippen LogP contribution in [-0.4, -0.2) is 19.7 Å². The Morgan fingerprint density at radius 3 is 2.74 bits per heavy atom. The summed E-state index contributed by atoms with van der Waals surface area (Å²) in [6.45, 7) is 7.71. The van der Waals surface area contributed by atoms with Crippen LogP contribution in [0.2, 0.25) is 0 Å². The Hall–Kier alpha value is -1.02. The van der Waals surface area contributed by atoms with Crippen molar-refractivity contribution in [1.82, 2.24) is 5.32 Å². The first kappa shape index (κ1) is 14.4. The molecular weight excluding hydrogens is 234 g/mol. The van der Waals surface area contributed by atoms with E-state index in [1.54, 1.807) is 0 Å². The normalized spacial score (nSPS) is 18.2. The number of benzene rings is 1. The number of nitrogens with one attached hydrogen (secondary N) is 1. The van der Waals surface area contributed by atoms with Crippen LogP contribution in [0.1, 0.15) is 51.0 Å². The second kappa shape index (κ2) is 7.54. The predicted octanol–water partition coefficient (Wildman–Crippen LogP) is 3.97. The topological polar surface area (TPSA) is 21.3 Å². The quantitative estimate of drug-likeness (QED) is 0.836. The molecule has 2 rings (SSSR count). The van der Waals surface area contributed by atoms with Gasteiger partial charge in [0.1, 0.15) is 5.75 Å². The van der Waals surface area contributed by atoms with Crippen molar-refractivity contribution in [3.63, 3.8) is 0 Å². The smallest absolute Gasteiger partial charge is 0.122 e. The highest BCUT2D eigenvalue weighted by Gasteiger charge is 2.14. The van der Waals surface area contributed by atoms with Crippen LogP contribution in [0.4, 0.5) is 0 Å². The zero-order valence-corrected chi connectivity index (χ0v) is 12.3. The fraction of sp³-hybridized carbons (Fsp3) is 0.647. The van der Waals surface area contributed by atoms with Crippen molar-refractivity contribution >= 4 is 0 Å². The fourth-order valence-corrected chi connectivity index (χ4v) is 2.74. The zero-order valence-electron chi connectivity index (χ0n) is 12.3. The minimum absolute atomic E-state index is 0.579. The van der Waals surface area contributed by atoms with Crippen molar-refractivity contribution in [2.45, 2.75) is 45.4 Å². The third-order valence-electron chi connectivity index (χ3n) is 4.30. The van der Waals surface area contributed by atoms with Crippen molar-refractivity contribution in [2.24, 2.45) is 5.92 Å². The molecule has 0 saturated carbocycles. The van der Waals surface area contributed by atoms with Gasteiger partial charge >= 0.3 is 0 Å². The predicted molar refractivity (Wildman–Crippen MR) is 80.9 cm³/mol. The first-order chi connectivity index (χ1) is 9.31. The molecule has 19 heavy (non-hydrogen) atoms. The third kappa shape index (κ3) is 4.24. The van der Waals surface area contributed by atoms with Gasteiger partial charge in [-0.15, -0.1) is 0 Å². The number of rotatable bonds is 6. The summed E-state index contributed by atoms with van der Waals surface area (Å²) >= 11 is 0. The second-order valence-electron chi connectivity index (χ2n) is 5.68. The molecule has 0 spiro atoms. The number of hydrogen-bond acceptors (Lipinski definition) is 2. The van der Waals surface area contributed by atoms with Gasteiger partial charge in [0.05, 0.1) is 6.61 Å². The van der Waals surface area contributed by atoms with Crippen LogP contribution in [0.25, 0.3) is 0 Å². The lowest BCUT2D eigenvalue weighted by Gasteiger charge is -2.23. The number of para-hydroxylation sites is 1. The van der Waals surface area contributed by atoms with Crippen molar-refractivity contribution in [3.05, 3.63) is 29.8 Å². The summed E-state index contributed by atoms with van der Waals surface area (Å²) in [4.78, 5) is 0. The van der Waals surface area contributed by atoms with E-state index in [1.165, 1.54) is 37.9 Å². The van der Waals surface area contributed by atoms with Crippen LogP contribution >= 0.6 is 0 Å². The molecule has 1 saturated heterocycles. The molecule has 1 heterocycles. The van der Waals surface area contributed by atoms with Gasteiger partial charge in [0.25, 0.3) is 0 Å². The Labute approximate surface area is 117 Å². The van der Waals surface area contributed by atoms with Crippen molar-refractivity contribution < 1.29 is 4.74 Å². The van der Waals surface area contributed by atoms with E-state index in [-0.39, 0.29) is 0 Å². The highest BCUT2D eigenvalue weighted by molar-refractivity contribution is 5.35. The average Bonchev–Trinajstić information content (AvgIpc) is 2.48. The van der Waals surface area contributed by atoms with Gasteiger partial charge in [-0.25, -0.2) is 0 Å². The summed E-state index contributed by atoms with van der Waals surface area (Å²) < 4.78 is 6.04. The monoisotopic (exact) mass is 261 g/mol. The van der Waals surface area contributed by atoms with Gasteiger partial charge in [-0.1, -0.05) is 32.0 Å². The van der Waals surface area contributed by atoms with Gasteiger partial charge in [0.15, 0.2) is 0 Å². The van der Waals surface area contributed by atoms with Gasteiger partial charge in [-0.05, 0) is 62.2 Å². The van der Waals surface area contributed by atoms with Crippen LogP contribution in [0.15, 0.2) is 24.3 Å². The molecule has 0 amide bonds. The zero-order chi connectivity index (χ0) is 13.5. The maximum atomic E-state index is 6.04. The van der Waals surface area contributed by atoms with E-state index in [0.29, 0.717) is 5.92 Å². The van der Waals surface area contributed by atoms with Crippen molar-refractivity contribution in [2.75, 3.05) is 19.7 Å². The van der Waals surface area contributed by atoms with E-state index in [0.717, 1.165) is 24.7 Å². The summed E-state index contributed by atoms with van der Waals surface area (Å²) in [7, 11) is 0. The van der Waals surface area contributed by atoms with E-state index in [4.69, 9.17) is 4.74 Å². The molecule has 1 atom stereocenters. The highest BCUT2D eigenvalue weighted by Crippen LogP contribution is 2.28. The standard InChI is InChI=1S/C17H27NO/c1-3-14(2)16-6-4-5-7-17(16)19-13-10-15-8-11-18-12-9-15/h4-7,14-15,18H,3,8-13H2,1-2H3/t14-/m0/s1. The fourth-order valence-electron chi connectivity index (χ4n) is 2.74. The molecule has 1 aliphatic heterocycles. The number of hydrogen-bond donors (Lipinski definition) is 1. The number of piperidine rings is 1. The summed E-state index contributed by atoms with van der Waals surface area (Å²) in [5.74, 6) is 2.51. The lowest BCUT2D eigenvalue weighted by Crippen LogP contribution is -2.28. The molecule has 0 radical (unpaired) electrons.